The predicted octanol–water partition coefficient (Wildman–Crippen LogP) is 5.03. The van der Waals surface area contributed by atoms with Gasteiger partial charge in [0.2, 0.25) is 5.91 Å². The van der Waals surface area contributed by atoms with Crippen molar-refractivity contribution < 1.29 is 9.59 Å². The standard InChI is InChI=1S/C24H27NO2/c1-18(24(27)25-16-15-19-9-4-2-5-10-19)21-13-8-14-22(17-21)23(26)20-11-6-3-7-12-20/h3,6-9,11-14,17-18H,2,4-5,10,15-16H2,1H3,(H,25,27)/t18-/m1/s1. The summed E-state index contributed by atoms with van der Waals surface area (Å²) in [5, 5.41) is 3.04. The van der Waals surface area contributed by atoms with Crippen molar-refractivity contribution in [3.63, 3.8) is 0 Å². The molecule has 2 aromatic rings. The van der Waals surface area contributed by atoms with Gasteiger partial charge in [-0.2, -0.15) is 0 Å². The zero-order chi connectivity index (χ0) is 19.1. The SMILES string of the molecule is C[C@@H](C(=O)NCCC1=CCCCC1)c1cccc(C(=O)c2ccccc2)c1. The van der Waals surface area contributed by atoms with Gasteiger partial charge in [0, 0.05) is 17.7 Å². The molecule has 3 rings (SSSR count). The molecule has 0 radical (unpaired) electrons. The summed E-state index contributed by atoms with van der Waals surface area (Å²) in [6.07, 6.45) is 8.13. The van der Waals surface area contributed by atoms with Crippen LogP contribution in [0.1, 0.15) is 66.4 Å². The Labute approximate surface area is 161 Å². The van der Waals surface area contributed by atoms with Crippen molar-refractivity contribution in [3.05, 3.63) is 82.9 Å². The third-order valence-corrected chi connectivity index (χ3v) is 5.21. The molecule has 0 bridgehead atoms. The van der Waals surface area contributed by atoms with Crippen molar-refractivity contribution >= 4 is 11.7 Å². The molecule has 0 unspecified atom stereocenters. The van der Waals surface area contributed by atoms with Crippen LogP contribution in [0.5, 0.6) is 0 Å². The zero-order valence-corrected chi connectivity index (χ0v) is 15.9. The molecule has 0 saturated heterocycles. The van der Waals surface area contributed by atoms with Gasteiger partial charge in [-0.05, 0) is 50.7 Å². The van der Waals surface area contributed by atoms with Crippen molar-refractivity contribution in [1.82, 2.24) is 5.32 Å². The maximum Gasteiger partial charge on any atom is 0.227 e. The monoisotopic (exact) mass is 361 g/mol. The molecule has 0 saturated carbocycles. The lowest BCUT2D eigenvalue weighted by Crippen LogP contribution is -2.29. The number of carbonyl (C=O) groups excluding carboxylic acids is 2. The Morgan fingerprint density at radius 2 is 1.78 bits per heavy atom. The van der Waals surface area contributed by atoms with E-state index in [0.29, 0.717) is 17.7 Å². The molecule has 0 aromatic heterocycles. The first kappa shape index (κ1) is 19.1. The zero-order valence-electron chi connectivity index (χ0n) is 15.9. The highest BCUT2D eigenvalue weighted by molar-refractivity contribution is 6.09. The number of benzene rings is 2. The summed E-state index contributed by atoms with van der Waals surface area (Å²) < 4.78 is 0. The molecule has 140 valence electrons. The molecular formula is C24H27NO2. The van der Waals surface area contributed by atoms with E-state index < -0.39 is 0 Å². The van der Waals surface area contributed by atoms with Crippen LogP contribution in [0.4, 0.5) is 0 Å². The fraction of sp³-hybridized carbons (Fsp3) is 0.333. The highest BCUT2D eigenvalue weighted by Gasteiger charge is 2.17. The van der Waals surface area contributed by atoms with E-state index in [-0.39, 0.29) is 17.6 Å². The average molecular weight is 361 g/mol. The summed E-state index contributed by atoms with van der Waals surface area (Å²) in [5.74, 6) is -0.293. The number of carbonyl (C=O) groups is 2. The summed E-state index contributed by atoms with van der Waals surface area (Å²) in [4.78, 5) is 25.2. The first-order valence-corrected chi connectivity index (χ1v) is 9.80. The number of allylic oxidation sites excluding steroid dienone is 1. The van der Waals surface area contributed by atoms with Crippen molar-refractivity contribution in [1.29, 1.82) is 0 Å². The lowest BCUT2D eigenvalue weighted by Gasteiger charge is -2.16. The van der Waals surface area contributed by atoms with Crippen LogP contribution in [-0.4, -0.2) is 18.2 Å². The van der Waals surface area contributed by atoms with Gasteiger partial charge in [0.15, 0.2) is 5.78 Å². The topological polar surface area (TPSA) is 46.2 Å². The maximum absolute atomic E-state index is 12.6. The van der Waals surface area contributed by atoms with Crippen LogP contribution in [0, 0.1) is 0 Å². The number of nitrogens with one attached hydrogen (secondary N) is 1. The van der Waals surface area contributed by atoms with Gasteiger partial charge < -0.3 is 5.32 Å². The highest BCUT2D eigenvalue weighted by Crippen LogP contribution is 2.21. The van der Waals surface area contributed by atoms with Crippen molar-refractivity contribution in [2.75, 3.05) is 6.54 Å². The molecule has 27 heavy (non-hydrogen) atoms. The van der Waals surface area contributed by atoms with Gasteiger partial charge in [-0.3, -0.25) is 9.59 Å². The fourth-order valence-corrected chi connectivity index (χ4v) is 3.49. The number of hydrogen-bond acceptors (Lipinski definition) is 2. The van der Waals surface area contributed by atoms with Gasteiger partial charge in [0.05, 0.1) is 5.92 Å². The Morgan fingerprint density at radius 3 is 2.52 bits per heavy atom. The Morgan fingerprint density at radius 1 is 1.00 bits per heavy atom. The maximum atomic E-state index is 12.6. The van der Waals surface area contributed by atoms with E-state index in [2.05, 4.69) is 11.4 Å². The number of rotatable bonds is 7. The molecule has 3 heteroatoms. The van der Waals surface area contributed by atoms with Gasteiger partial charge in [0.25, 0.3) is 0 Å². The second-order valence-corrected chi connectivity index (χ2v) is 7.19. The van der Waals surface area contributed by atoms with E-state index in [9.17, 15) is 9.59 Å². The minimum Gasteiger partial charge on any atom is -0.355 e. The third-order valence-electron chi connectivity index (χ3n) is 5.21. The normalized spacial score (nSPS) is 14.9. The summed E-state index contributed by atoms with van der Waals surface area (Å²) >= 11 is 0. The molecule has 2 aromatic carbocycles. The van der Waals surface area contributed by atoms with E-state index in [0.717, 1.165) is 18.4 Å². The van der Waals surface area contributed by atoms with Crippen LogP contribution < -0.4 is 5.32 Å². The van der Waals surface area contributed by atoms with E-state index in [1.54, 1.807) is 6.07 Å². The van der Waals surface area contributed by atoms with E-state index >= 15 is 0 Å². The fourth-order valence-electron chi connectivity index (χ4n) is 3.49. The van der Waals surface area contributed by atoms with Gasteiger partial charge in [-0.1, -0.05) is 60.2 Å². The van der Waals surface area contributed by atoms with Crippen LogP contribution in [0.25, 0.3) is 0 Å². The Balaban J connectivity index is 1.60. The second kappa shape index (κ2) is 9.31. The number of amides is 1. The molecular weight excluding hydrogens is 334 g/mol. The lowest BCUT2D eigenvalue weighted by atomic mass is 9.95. The largest absolute Gasteiger partial charge is 0.355 e. The third kappa shape index (κ3) is 5.16. The average Bonchev–Trinajstić information content (AvgIpc) is 2.74. The van der Waals surface area contributed by atoms with E-state index in [4.69, 9.17) is 0 Å². The lowest BCUT2D eigenvalue weighted by molar-refractivity contribution is -0.122. The summed E-state index contributed by atoms with van der Waals surface area (Å²) in [6, 6.07) is 16.6. The minimum atomic E-state index is -0.283. The van der Waals surface area contributed by atoms with Gasteiger partial charge in [-0.15, -0.1) is 0 Å². The smallest absolute Gasteiger partial charge is 0.227 e. The second-order valence-electron chi connectivity index (χ2n) is 7.19. The first-order chi connectivity index (χ1) is 13.1. The molecule has 0 aliphatic heterocycles. The molecule has 1 atom stereocenters. The molecule has 1 aliphatic carbocycles. The molecule has 1 N–H and O–H groups in total. The van der Waals surface area contributed by atoms with Gasteiger partial charge in [-0.25, -0.2) is 0 Å². The summed E-state index contributed by atoms with van der Waals surface area (Å²) in [5.41, 5.74) is 3.61. The van der Waals surface area contributed by atoms with Crippen LogP contribution in [-0.2, 0) is 4.79 Å². The first-order valence-electron chi connectivity index (χ1n) is 9.80. The molecule has 0 spiro atoms. The summed E-state index contributed by atoms with van der Waals surface area (Å²) in [7, 11) is 0. The predicted molar refractivity (Wildman–Crippen MR) is 109 cm³/mol. The Kier molecular flexibility index (Phi) is 6.59. The minimum absolute atomic E-state index is 0.00993. The molecule has 0 fully saturated rings. The van der Waals surface area contributed by atoms with E-state index in [1.807, 2.05) is 55.5 Å². The highest BCUT2D eigenvalue weighted by atomic mass is 16.1. The number of ketones is 1. The molecule has 0 heterocycles. The Bertz CT molecular complexity index is 823. The molecule has 1 aliphatic rings. The van der Waals surface area contributed by atoms with Crippen LogP contribution in [0.3, 0.4) is 0 Å². The number of hydrogen-bond donors (Lipinski definition) is 1. The molecule has 3 nitrogen and oxygen atoms in total. The Hall–Kier alpha value is -2.68. The van der Waals surface area contributed by atoms with Crippen LogP contribution >= 0.6 is 0 Å². The van der Waals surface area contributed by atoms with Crippen molar-refractivity contribution in [3.8, 4) is 0 Å². The van der Waals surface area contributed by atoms with Crippen molar-refractivity contribution in [2.24, 2.45) is 0 Å². The van der Waals surface area contributed by atoms with Gasteiger partial charge >= 0.3 is 0 Å². The van der Waals surface area contributed by atoms with Crippen LogP contribution in [0.15, 0.2) is 66.2 Å². The quantitative estimate of drug-likeness (QED) is 0.555. The van der Waals surface area contributed by atoms with Crippen molar-refractivity contribution in [2.45, 2.75) is 44.9 Å². The van der Waals surface area contributed by atoms with Crippen LogP contribution in [0.2, 0.25) is 0 Å². The molecule has 1 amide bonds. The van der Waals surface area contributed by atoms with Gasteiger partial charge in [0.1, 0.15) is 0 Å². The summed E-state index contributed by atoms with van der Waals surface area (Å²) in [6.45, 7) is 2.57. The van der Waals surface area contributed by atoms with E-state index in [1.165, 1.54) is 24.8 Å².